The summed E-state index contributed by atoms with van der Waals surface area (Å²) in [4.78, 5) is 18.3. The predicted octanol–water partition coefficient (Wildman–Crippen LogP) is 3.85. The molecule has 0 N–H and O–H groups in total. The van der Waals surface area contributed by atoms with Crippen LogP contribution in [0.4, 0.5) is 0 Å². The monoisotopic (exact) mass is 326 g/mol. The number of hydrogen-bond donors (Lipinski definition) is 0. The average molecular weight is 327 g/mol. The minimum atomic E-state index is 0.771. The lowest BCUT2D eigenvalue weighted by atomic mass is 10.0. The van der Waals surface area contributed by atoms with Gasteiger partial charge in [0.2, 0.25) is 0 Å². The molecule has 0 aliphatic rings. The molecule has 2 aromatic heterocycles. The van der Waals surface area contributed by atoms with Crippen molar-refractivity contribution >= 4 is 48.8 Å². The van der Waals surface area contributed by atoms with E-state index in [1.54, 1.807) is 0 Å². The third-order valence-electron chi connectivity index (χ3n) is 3.56. The van der Waals surface area contributed by atoms with Crippen molar-refractivity contribution in [1.82, 2.24) is 19.9 Å². The Balaban J connectivity index is 2.45. The van der Waals surface area contributed by atoms with E-state index in [1.807, 2.05) is 19.9 Å². The standard InChI is InChI=1S/C15H11BrN4/c1-6-4-10-13-12-11(18-7(2)19-14(6)12)5-9(16)15(13)20-8(3)17-10/h4-5H,1-3H3. The van der Waals surface area contributed by atoms with Gasteiger partial charge < -0.3 is 0 Å². The Morgan fingerprint density at radius 1 is 0.750 bits per heavy atom. The first-order valence-corrected chi connectivity index (χ1v) is 7.18. The van der Waals surface area contributed by atoms with Crippen molar-refractivity contribution < 1.29 is 0 Å². The Bertz CT molecular complexity index is 912. The van der Waals surface area contributed by atoms with Gasteiger partial charge in [-0.25, -0.2) is 19.9 Å². The van der Waals surface area contributed by atoms with E-state index in [-0.39, 0.29) is 0 Å². The number of hydrogen-bond acceptors (Lipinski definition) is 4. The molecule has 0 amide bonds. The van der Waals surface area contributed by atoms with Crippen molar-refractivity contribution in [3.8, 4) is 0 Å². The predicted molar refractivity (Wildman–Crippen MR) is 83.2 cm³/mol. The lowest BCUT2D eigenvalue weighted by Gasteiger charge is -2.13. The SMILES string of the molecule is Cc1nc2cc(Br)c3nc(C)nc4cc(C)c(n1)c2c43. The first-order valence-electron chi connectivity index (χ1n) is 6.38. The molecule has 0 radical (unpaired) electrons. The molecule has 0 atom stereocenters. The van der Waals surface area contributed by atoms with Gasteiger partial charge in [-0.05, 0) is 54.4 Å². The van der Waals surface area contributed by atoms with Crippen LogP contribution in [0.3, 0.4) is 0 Å². The Morgan fingerprint density at radius 3 is 2.00 bits per heavy atom. The fourth-order valence-electron chi connectivity index (χ4n) is 2.81. The normalized spacial score (nSPS) is 12.0. The van der Waals surface area contributed by atoms with Crippen LogP contribution in [-0.4, -0.2) is 19.9 Å². The minimum Gasteiger partial charge on any atom is -0.233 e. The third kappa shape index (κ3) is 1.47. The van der Waals surface area contributed by atoms with E-state index >= 15 is 0 Å². The molecule has 98 valence electrons. The highest BCUT2D eigenvalue weighted by molar-refractivity contribution is 9.10. The van der Waals surface area contributed by atoms with Crippen LogP contribution in [0.1, 0.15) is 17.2 Å². The number of benzene rings is 2. The highest BCUT2D eigenvalue weighted by Gasteiger charge is 2.17. The lowest BCUT2D eigenvalue weighted by Crippen LogP contribution is -1.99. The van der Waals surface area contributed by atoms with Gasteiger partial charge in [-0.15, -0.1) is 0 Å². The fourth-order valence-corrected chi connectivity index (χ4v) is 3.31. The summed E-state index contributed by atoms with van der Waals surface area (Å²) in [5, 5.41) is 2.10. The quantitative estimate of drug-likeness (QED) is 0.460. The van der Waals surface area contributed by atoms with E-state index in [0.29, 0.717) is 0 Å². The third-order valence-corrected chi connectivity index (χ3v) is 4.17. The summed E-state index contributed by atoms with van der Waals surface area (Å²) in [6, 6.07) is 4.10. The lowest BCUT2D eigenvalue weighted by molar-refractivity contribution is 1.10. The molecule has 0 saturated carbocycles. The molecule has 2 aromatic carbocycles. The van der Waals surface area contributed by atoms with Crippen molar-refractivity contribution in [2.75, 3.05) is 0 Å². The molecular weight excluding hydrogens is 316 g/mol. The maximum Gasteiger partial charge on any atom is 0.126 e. The number of halogens is 1. The maximum absolute atomic E-state index is 4.60. The Kier molecular flexibility index (Phi) is 2.27. The molecule has 4 nitrogen and oxygen atoms in total. The molecule has 0 aliphatic carbocycles. The Labute approximate surface area is 123 Å². The van der Waals surface area contributed by atoms with E-state index in [2.05, 4.69) is 48.9 Å². The molecule has 2 heterocycles. The van der Waals surface area contributed by atoms with E-state index in [1.165, 1.54) is 0 Å². The molecule has 4 rings (SSSR count). The summed E-state index contributed by atoms with van der Waals surface area (Å²) >= 11 is 3.60. The molecule has 4 aromatic rings. The molecule has 5 heteroatoms. The van der Waals surface area contributed by atoms with Gasteiger partial charge in [0.05, 0.1) is 22.1 Å². The zero-order valence-electron chi connectivity index (χ0n) is 11.3. The molecule has 0 fully saturated rings. The second kappa shape index (κ2) is 3.82. The minimum absolute atomic E-state index is 0.771. The first-order chi connectivity index (χ1) is 9.54. The van der Waals surface area contributed by atoms with E-state index < -0.39 is 0 Å². The topological polar surface area (TPSA) is 51.6 Å². The van der Waals surface area contributed by atoms with Gasteiger partial charge in [0.15, 0.2) is 0 Å². The van der Waals surface area contributed by atoms with Crippen LogP contribution in [0, 0.1) is 20.8 Å². The Hall–Kier alpha value is -1.88. The zero-order valence-corrected chi connectivity index (χ0v) is 12.9. The maximum atomic E-state index is 4.60. The summed E-state index contributed by atoms with van der Waals surface area (Å²) < 4.78 is 0.948. The summed E-state index contributed by atoms with van der Waals surface area (Å²) in [5.41, 5.74) is 4.93. The zero-order chi connectivity index (χ0) is 14.0. The van der Waals surface area contributed by atoms with Crippen molar-refractivity contribution in [3.05, 3.63) is 33.8 Å². The van der Waals surface area contributed by atoms with Gasteiger partial charge in [-0.1, -0.05) is 0 Å². The van der Waals surface area contributed by atoms with Gasteiger partial charge in [0.1, 0.15) is 11.6 Å². The van der Waals surface area contributed by atoms with Crippen LogP contribution in [0.15, 0.2) is 16.6 Å². The van der Waals surface area contributed by atoms with Crippen molar-refractivity contribution in [2.45, 2.75) is 20.8 Å². The molecule has 20 heavy (non-hydrogen) atoms. The number of nitrogens with zero attached hydrogens (tertiary/aromatic N) is 4. The van der Waals surface area contributed by atoms with Crippen molar-refractivity contribution in [1.29, 1.82) is 0 Å². The molecule has 0 saturated heterocycles. The summed E-state index contributed by atoms with van der Waals surface area (Å²) in [7, 11) is 0. The van der Waals surface area contributed by atoms with Crippen LogP contribution in [0.2, 0.25) is 0 Å². The second-order valence-corrected chi connectivity index (χ2v) is 5.93. The smallest absolute Gasteiger partial charge is 0.126 e. The molecule has 0 aliphatic heterocycles. The molecule has 0 spiro atoms. The Morgan fingerprint density at radius 2 is 1.30 bits per heavy atom. The van der Waals surface area contributed by atoms with Crippen LogP contribution in [0.5, 0.6) is 0 Å². The number of aryl methyl sites for hydroxylation is 3. The van der Waals surface area contributed by atoms with Crippen LogP contribution in [-0.2, 0) is 0 Å². The summed E-state index contributed by atoms with van der Waals surface area (Å²) in [6.07, 6.45) is 0. The molecule has 0 bridgehead atoms. The number of aromatic nitrogens is 4. The van der Waals surface area contributed by atoms with Gasteiger partial charge in [-0.3, -0.25) is 0 Å². The average Bonchev–Trinajstić information content (AvgIpc) is 2.37. The number of rotatable bonds is 0. The molecular formula is C15H11BrN4. The highest BCUT2D eigenvalue weighted by Crippen LogP contribution is 2.36. The highest BCUT2D eigenvalue weighted by atomic mass is 79.9. The van der Waals surface area contributed by atoms with Crippen molar-refractivity contribution in [3.63, 3.8) is 0 Å². The van der Waals surface area contributed by atoms with Gasteiger partial charge in [0.25, 0.3) is 0 Å². The van der Waals surface area contributed by atoms with E-state index in [4.69, 9.17) is 0 Å². The van der Waals surface area contributed by atoms with Crippen LogP contribution >= 0.6 is 15.9 Å². The summed E-state index contributed by atoms with van der Waals surface area (Å²) in [6.45, 7) is 5.90. The van der Waals surface area contributed by atoms with Gasteiger partial charge in [-0.2, -0.15) is 0 Å². The van der Waals surface area contributed by atoms with Crippen LogP contribution < -0.4 is 0 Å². The van der Waals surface area contributed by atoms with Crippen LogP contribution in [0.25, 0.3) is 32.8 Å². The second-order valence-electron chi connectivity index (χ2n) is 5.08. The van der Waals surface area contributed by atoms with Gasteiger partial charge >= 0.3 is 0 Å². The van der Waals surface area contributed by atoms with Crippen molar-refractivity contribution in [2.24, 2.45) is 0 Å². The van der Waals surface area contributed by atoms with Gasteiger partial charge in [0, 0.05) is 15.2 Å². The van der Waals surface area contributed by atoms with E-state index in [0.717, 1.165) is 54.5 Å². The molecule has 0 unspecified atom stereocenters. The first kappa shape index (κ1) is 11.9. The largest absolute Gasteiger partial charge is 0.233 e. The fraction of sp³-hybridized carbons (Fsp3) is 0.200. The van der Waals surface area contributed by atoms with E-state index in [9.17, 15) is 0 Å². The summed E-state index contributed by atoms with van der Waals surface area (Å²) in [5.74, 6) is 1.55.